The lowest BCUT2D eigenvalue weighted by atomic mass is 9.72. The maximum absolute atomic E-state index is 6.76. The van der Waals surface area contributed by atoms with Gasteiger partial charge in [-0.1, -0.05) is 63.6 Å². The molecular formula is C14H25ClSi. The van der Waals surface area contributed by atoms with Gasteiger partial charge in [0.25, 0.3) is 0 Å². The van der Waals surface area contributed by atoms with Crippen LogP contribution in [0.4, 0.5) is 0 Å². The molecule has 0 saturated heterocycles. The molecule has 0 aliphatic heterocycles. The van der Waals surface area contributed by atoms with E-state index in [4.69, 9.17) is 11.6 Å². The van der Waals surface area contributed by atoms with Crippen LogP contribution in [0.2, 0.25) is 19.6 Å². The Hall–Kier alpha value is 0.247. The number of hydrogen-bond acceptors (Lipinski definition) is 0. The summed E-state index contributed by atoms with van der Waals surface area (Å²) in [6.07, 6.45) is 4.12. The molecule has 2 heteroatoms. The molecule has 0 nitrogen and oxygen atoms in total. The first-order chi connectivity index (χ1) is 7.12. The van der Waals surface area contributed by atoms with Crippen molar-refractivity contribution >= 4 is 19.7 Å². The molecule has 0 amide bonds. The first-order valence-corrected chi connectivity index (χ1v) is 10.4. The van der Waals surface area contributed by atoms with Gasteiger partial charge in [0.1, 0.15) is 0 Å². The molecule has 0 heterocycles. The molecule has 2 aliphatic carbocycles. The van der Waals surface area contributed by atoms with Crippen molar-refractivity contribution in [2.75, 3.05) is 0 Å². The summed E-state index contributed by atoms with van der Waals surface area (Å²) in [5.41, 5.74) is 0.646. The Morgan fingerprint density at radius 2 is 1.75 bits per heavy atom. The van der Waals surface area contributed by atoms with E-state index in [1.54, 1.807) is 5.20 Å². The monoisotopic (exact) mass is 256 g/mol. The summed E-state index contributed by atoms with van der Waals surface area (Å²) in [4.78, 5) is 0. The van der Waals surface area contributed by atoms with Crippen LogP contribution in [0.25, 0.3) is 0 Å². The van der Waals surface area contributed by atoms with Gasteiger partial charge in [0, 0.05) is 10.4 Å². The summed E-state index contributed by atoms with van der Waals surface area (Å²) in [5, 5.41) is 2.90. The van der Waals surface area contributed by atoms with Gasteiger partial charge in [-0.2, -0.15) is 0 Å². The Morgan fingerprint density at radius 1 is 1.19 bits per heavy atom. The van der Waals surface area contributed by atoms with Crippen LogP contribution in [0.1, 0.15) is 40.0 Å². The average Bonchev–Trinajstić information content (AvgIpc) is 2.50. The van der Waals surface area contributed by atoms with Crippen LogP contribution in [0.3, 0.4) is 0 Å². The summed E-state index contributed by atoms with van der Waals surface area (Å²) in [6.45, 7) is 14.6. The van der Waals surface area contributed by atoms with Gasteiger partial charge in [-0.15, -0.1) is 0 Å². The average molecular weight is 257 g/mol. The van der Waals surface area contributed by atoms with E-state index < -0.39 is 8.07 Å². The van der Waals surface area contributed by atoms with Gasteiger partial charge in [-0.3, -0.25) is 0 Å². The highest BCUT2D eigenvalue weighted by atomic mass is 35.5. The van der Waals surface area contributed by atoms with Crippen LogP contribution in [-0.2, 0) is 0 Å². The summed E-state index contributed by atoms with van der Waals surface area (Å²) >= 11 is 6.76. The minimum atomic E-state index is -1.29. The third kappa shape index (κ3) is 1.47. The quantitative estimate of drug-likeness (QED) is 0.566. The molecule has 1 fully saturated rings. The van der Waals surface area contributed by atoms with Crippen molar-refractivity contribution in [1.82, 2.24) is 0 Å². The number of rotatable bonds is 1. The lowest BCUT2D eigenvalue weighted by molar-refractivity contribution is 0.197. The second-order valence-electron chi connectivity index (χ2n) is 7.52. The Morgan fingerprint density at radius 3 is 2.25 bits per heavy atom. The number of fused-ring (bicyclic) bond motifs is 1. The Kier molecular flexibility index (Phi) is 2.68. The normalized spacial score (nSPS) is 38.1. The third-order valence-electron chi connectivity index (χ3n) is 4.94. The van der Waals surface area contributed by atoms with E-state index in [2.05, 4.69) is 40.4 Å². The number of halogens is 1. The van der Waals surface area contributed by atoms with Gasteiger partial charge in [0.15, 0.2) is 0 Å². The van der Waals surface area contributed by atoms with Crippen molar-refractivity contribution in [3.63, 3.8) is 0 Å². The summed E-state index contributed by atoms with van der Waals surface area (Å²) in [6, 6.07) is 0. The van der Waals surface area contributed by atoms with E-state index in [-0.39, 0.29) is 5.41 Å². The van der Waals surface area contributed by atoms with Gasteiger partial charge in [0.05, 0.1) is 8.07 Å². The number of hydrogen-bond donors (Lipinski definition) is 0. The topological polar surface area (TPSA) is 0 Å². The maximum Gasteiger partial charge on any atom is 0.0747 e. The molecule has 0 radical (unpaired) electrons. The fourth-order valence-electron chi connectivity index (χ4n) is 4.53. The van der Waals surface area contributed by atoms with Crippen molar-refractivity contribution in [1.29, 1.82) is 0 Å². The van der Waals surface area contributed by atoms with Crippen LogP contribution in [0.5, 0.6) is 0 Å². The molecule has 0 aromatic heterocycles. The van der Waals surface area contributed by atoms with Gasteiger partial charge < -0.3 is 0 Å². The van der Waals surface area contributed by atoms with Crippen LogP contribution in [-0.4, -0.2) is 8.07 Å². The summed E-state index contributed by atoms with van der Waals surface area (Å²) < 4.78 is 0. The highest BCUT2D eigenvalue weighted by molar-refractivity contribution is 6.84. The van der Waals surface area contributed by atoms with Crippen molar-refractivity contribution in [2.45, 2.75) is 59.7 Å². The van der Waals surface area contributed by atoms with Crippen molar-refractivity contribution in [3.8, 4) is 0 Å². The van der Waals surface area contributed by atoms with Crippen LogP contribution in [0, 0.1) is 16.7 Å². The van der Waals surface area contributed by atoms with Gasteiger partial charge in [-0.25, -0.2) is 0 Å². The summed E-state index contributed by atoms with van der Waals surface area (Å²) in [7, 11) is -1.29. The molecule has 0 unspecified atom stereocenters. The number of allylic oxidation sites excluding steroid dienone is 2. The van der Waals surface area contributed by atoms with Gasteiger partial charge in [0.2, 0.25) is 0 Å². The predicted molar refractivity (Wildman–Crippen MR) is 75.5 cm³/mol. The van der Waals surface area contributed by atoms with E-state index in [9.17, 15) is 0 Å². The largest absolute Gasteiger partial charge is 0.0890 e. The summed E-state index contributed by atoms with van der Waals surface area (Å²) in [5.74, 6) is 0.786. The molecule has 0 aromatic carbocycles. The molecule has 2 aliphatic rings. The second-order valence-corrected chi connectivity index (χ2v) is 12.9. The van der Waals surface area contributed by atoms with E-state index in [0.29, 0.717) is 5.41 Å². The Labute approximate surface area is 106 Å². The smallest absolute Gasteiger partial charge is 0.0747 e. The fraction of sp³-hybridized carbons (Fsp3) is 0.857. The van der Waals surface area contributed by atoms with Crippen molar-refractivity contribution in [3.05, 3.63) is 10.2 Å². The van der Waals surface area contributed by atoms with Crippen LogP contribution < -0.4 is 0 Å². The lowest BCUT2D eigenvalue weighted by Gasteiger charge is -2.37. The van der Waals surface area contributed by atoms with E-state index in [1.165, 1.54) is 24.3 Å². The fourth-order valence-corrected chi connectivity index (χ4v) is 8.73. The molecule has 0 spiro atoms. The molecule has 2 rings (SSSR count). The molecule has 0 aromatic rings. The van der Waals surface area contributed by atoms with Crippen molar-refractivity contribution < 1.29 is 0 Å². The molecule has 0 bridgehead atoms. The first-order valence-electron chi connectivity index (χ1n) is 6.53. The van der Waals surface area contributed by atoms with E-state index in [0.717, 1.165) is 5.92 Å². The molecule has 0 N–H and O–H groups in total. The zero-order valence-corrected chi connectivity index (χ0v) is 13.3. The third-order valence-corrected chi connectivity index (χ3v) is 8.09. The van der Waals surface area contributed by atoms with Crippen LogP contribution >= 0.6 is 11.6 Å². The van der Waals surface area contributed by atoms with Crippen LogP contribution in [0.15, 0.2) is 10.2 Å². The van der Waals surface area contributed by atoms with E-state index >= 15 is 0 Å². The maximum atomic E-state index is 6.76. The second kappa shape index (κ2) is 3.38. The van der Waals surface area contributed by atoms with E-state index in [1.807, 2.05) is 0 Å². The molecule has 92 valence electrons. The molecule has 2 atom stereocenters. The zero-order chi connectivity index (χ0) is 12.4. The predicted octanol–water partition coefficient (Wildman–Crippen LogP) is 5.20. The highest BCUT2D eigenvalue weighted by Gasteiger charge is 2.58. The molecule has 1 saturated carbocycles. The highest BCUT2D eigenvalue weighted by Crippen LogP contribution is 2.66. The lowest BCUT2D eigenvalue weighted by Crippen LogP contribution is -2.36. The Bertz CT molecular complexity index is 348. The van der Waals surface area contributed by atoms with Gasteiger partial charge in [-0.05, 0) is 24.2 Å². The molecular weight excluding hydrogens is 232 g/mol. The zero-order valence-electron chi connectivity index (χ0n) is 11.6. The van der Waals surface area contributed by atoms with Gasteiger partial charge >= 0.3 is 0 Å². The van der Waals surface area contributed by atoms with Crippen molar-refractivity contribution in [2.24, 2.45) is 16.7 Å². The Balaban J connectivity index is 2.60. The minimum absolute atomic E-state index is 0.225. The standard InChI is InChI=1S/C14H25ClSi/c1-13(2)10-8-7-9-14(10,3)12(11(13)15)16(4,5)6/h10H,7-9H2,1-6H3/t10-,14-/m1/s1. The minimum Gasteiger partial charge on any atom is -0.0890 e. The SMILES string of the molecule is CC1(C)C(Cl)=C([Si](C)(C)C)[C@]2(C)CCC[C@H]12. The molecule has 16 heavy (non-hydrogen) atoms. The first kappa shape index (κ1) is 12.7.